The molecule has 1 aliphatic rings. The summed E-state index contributed by atoms with van der Waals surface area (Å²) in [7, 11) is 3.88. The maximum Gasteiger partial charge on any atom is 0.266 e. The number of hydrogen-bond donors (Lipinski definition) is 1. The summed E-state index contributed by atoms with van der Waals surface area (Å²) >= 11 is 6.66. The molecule has 1 aromatic carbocycles. The maximum absolute atomic E-state index is 12.7. The van der Waals surface area contributed by atoms with E-state index in [9.17, 15) is 9.59 Å². The molecular weight excluding hydrogens is 418 g/mol. The van der Waals surface area contributed by atoms with E-state index in [1.807, 2.05) is 67.5 Å². The van der Waals surface area contributed by atoms with Crippen molar-refractivity contribution in [3.8, 4) is 0 Å². The zero-order valence-corrected chi connectivity index (χ0v) is 18.7. The minimum absolute atomic E-state index is 0.0289. The van der Waals surface area contributed by atoms with Crippen molar-refractivity contribution in [3.05, 3.63) is 65.0 Å². The van der Waals surface area contributed by atoms with Crippen LogP contribution in [-0.2, 0) is 9.59 Å². The van der Waals surface area contributed by atoms with Crippen LogP contribution in [0.1, 0.15) is 30.2 Å². The molecule has 6 nitrogen and oxygen atoms in total. The molecule has 1 N–H and O–H groups in total. The highest BCUT2D eigenvalue weighted by Gasteiger charge is 2.31. The third kappa shape index (κ3) is 5.81. The number of furan rings is 1. The molecule has 2 heterocycles. The predicted octanol–water partition coefficient (Wildman–Crippen LogP) is 3.68. The molecule has 1 saturated heterocycles. The number of likely N-dealkylation sites (N-methyl/N-ethyl adjacent to an activating group) is 1. The number of nitrogens with one attached hydrogen (secondary N) is 1. The normalized spacial score (nSPS) is 16.5. The van der Waals surface area contributed by atoms with Gasteiger partial charge in [0.15, 0.2) is 0 Å². The van der Waals surface area contributed by atoms with Gasteiger partial charge in [0.2, 0.25) is 5.91 Å². The molecule has 1 unspecified atom stereocenters. The van der Waals surface area contributed by atoms with Crippen LogP contribution in [0.5, 0.6) is 0 Å². The van der Waals surface area contributed by atoms with Crippen LogP contribution in [0.25, 0.3) is 6.08 Å². The predicted molar refractivity (Wildman–Crippen MR) is 124 cm³/mol. The fourth-order valence-electron chi connectivity index (χ4n) is 3.11. The Morgan fingerprint density at radius 2 is 2.03 bits per heavy atom. The van der Waals surface area contributed by atoms with Gasteiger partial charge in [-0.05, 0) is 44.3 Å². The minimum atomic E-state index is -0.0975. The summed E-state index contributed by atoms with van der Waals surface area (Å²) < 4.78 is 5.99. The second-order valence-electron chi connectivity index (χ2n) is 7.15. The van der Waals surface area contributed by atoms with Gasteiger partial charge < -0.3 is 9.73 Å². The van der Waals surface area contributed by atoms with E-state index < -0.39 is 0 Å². The van der Waals surface area contributed by atoms with E-state index >= 15 is 0 Å². The molecule has 0 saturated carbocycles. The Morgan fingerprint density at radius 3 is 2.70 bits per heavy atom. The average Bonchev–Trinajstić information content (AvgIpc) is 3.33. The van der Waals surface area contributed by atoms with Crippen LogP contribution in [0.15, 0.2) is 58.1 Å². The monoisotopic (exact) mass is 443 g/mol. The van der Waals surface area contributed by atoms with E-state index in [-0.39, 0.29) is 17.9 Å². The van der Waals surface area contributed by atoms with Crippen molar-refractivity contribution in [2.24, 2.45) is 0 Å². The molecule has 2 aromatic rings. The van der Waals surface area contributed by atoms with Gasteiger partial charge in [-0.2, -0.15) is 0 Å². The molecule has 30 heavy (non-hydrogen) atoms. The number of thioether (sulfide) groups is 1. The lowest BCUT2D eigenvalue weighted by Gasteiger charge is -2.22. The van der Waals surface area contributed by atoms with E-state index in [2.05, 4.69) is 5.32 Å². The van der Waals surface area contributed by atoms with Crippen LogP contribution in [0.2, 0.25) is 0 Å². The topological polar surface area (TPSA) is 65.8 Å². The Bertz CT molecular complexity index is 911. The molecule has 0 spiro atoms. The van der Waals surface area contributed by atoms with E-state index in [1.54, 1.807) is 11.2 Å². The average molecular weight is 444 g/mol. The molecule has 0 aliphatic carbocycles. The molecule has 1 aliphatic heterocycles. The highest BCUT2D eigenvalue weighted by Crippen LogP contribution is 2.32. The largest absolute Gasteiger partial charge is 0.468 e. The van der Waals surface area contributed by atoms with E-state index in [1.165, 1.54) is 11.8 Å². The van der Waals surface area contributed by atoms with E-state index in [0.29, 0.717) is 35.2 Å². The minimum Gasteiger partial charge on any atom is -0.468 e. The van der Waals surface area contributed by atoms with Crippen molar-refractivity contribution in [1.29, 1.82) is 0 Å². The molecule has 1 fully saturated rings. The van der Waals surface area contributed by atoms with Gasteiger partial charge in [-0.25, -0.2) is 0 Å². The zero-order valence-electron chi connectivity index (χ0n) is 17.0. The summed E-state index contributed by atoms with van der Waals surface area (Å²) in [4.78, 5) is 29.1. The third-order valence-electron chi connectivity index (χ3n) is 4.74. The van der Waals surface area contributed by atoms with Gasteiger partial charge in [0.05, 0.1) is 17.2 Å². The highest BCUT2D eigenvalue weighted by molar-refractivity contribution is 8.26. The van der Waals surface area contributed by atoms with Crippen molar-refractivity contribution >= 4 is 46.2 Å². The molecule has 0 bridgehead atoms. The first-order chi connectivity index (χ1) is 14.5. The number of amides is 2. The Hall–Kier alpha value is -2.42. The first-order valence-electron chi connectivity index (χ1n) is 9.72. The number of hydrogen-bond acceptors (Lipinski definition) is 6. The summed E-state index contributed by atoms with van der Waals surface area (Å²) in [6.45, 7) is 0.889. The van der Waals surface area contributed by atoms with Gasteiger partial charge >= 0.3 is 0 Å². The van der Waals surface area contributed by atoms with Crippen LogP contribution in [-0.4, -0.2) is 53.1 Å². The SMILES string of the molecule is CN(C)C(CNC(=O)CCCN1C(=O)/C(=C/c2ccccc2)SC1=S)c1ccco1. The first kappa shape index (κ1) is 22.3. The van der Waals surface area contributed by atoms with Crippen molar-refractivity contribution < 1.29 is 14.0 Å². The Morgan fingerprint density at radius 1 is 1.27 bits per heavy atom. The van der Waals surface area contributed by atoms with E-state index in [4.69, 9.17) is 16.6 Å². The Balaban J connectivity index is 1.46. The number of benzene rings is 1. The Kier molecular flexibility index (Phi) is 7.84. The number of nitrogens with zero attached hydrogens (tertiary/aromatic N) is 2. The summed E-state index contributed by atoms with van der Waals surface area (Å²) in [5, 5.41) is 2.95. The van der Waals surface area contributed by atoms with Crippen LogP contribution in [0.4, 0.5) is 0 Å². The summed E-state index contributed by atoms with van der Waals surface area (Å²) in [5.41, 5.74) is 0.962. The van der Waals surface area contributed by atoms with Crippen LogP contribution in [0.3, 0.4) is 0 Å². The molecule has 158 valence electrons. The fourth-order valence-corrected chi connectivity index (χ4v) is 4.42. The lowest BCUT2D eigenvalue weighted by Crippen LogP contribution is -2.35. The molecule has 0 radical (unpaired) electrons. The van der Waals surface area contributed by atoms with Crippen molar-refractivity contribution in [2.45, 2.75) is 18.9 Å². The van der Waals surface area contributed by atoms with Gasteiger partial charge in [-0.3, -0.25) is 19.4 Å². The van der Waals surface area contributed by atoms with Gasteiger partial charge in [0, 0.05) is 19.5 Å². The molecule has 1 aromatic heterocycles. The zero-order chi connectivity index (χ0) is 21.5. The van der Waals surface area contributed by atoms with Crippen molar-refractivity contribution in [1.82, 2.24) is 15.1 Å². The van der Waals surface area contributed by atoms with Crippen molar-refractivity contribution in [2.75, 3.05) is 27.2 Å². The summed E-state index contributed by atoms with van der Waals surface area (Å²) in [6.07, 6.45) is 4.35. The molecule has 2 amide bonds. The standard InChI is InChI=1S/C22H25N3O3S2/c1-24(2)17(18-10-7-13-28-18)15-23-20(26)11-6-12-25-21(27)19(30-22(25)29)14-16-8-4-3-5-9-16/h3-5,7-10,13-14,17H,6,11-12,15H2,1-2H3,(H,23,26)/b19-14-. The molecule has 1 atom stereocenters. The second-order valence-corrected chi connectivity index (χ2v) is 8.82. The molecule has 8 heteroatoms. The Labute approximate surface area is 186 Å². The van der Waals surface area contributed by atoms with Crippen LogP contribution in [0, 0.1) is 0 Å². The highest BCUT2D eigenvalue weighted by atomic mass is 32.2. The third-order valence-corrected chi connectivity index (χ3v) is 6.12. The van der Waals surface area contributed by atoms with Crippen LogP contribution >= 0.6 is 24.0 Å². The fraction of sp³-hybridized carbons (Fsp3) is 0.318. The lowest BCUT2D eigenvalue weighted by atomic mass is 10.2. The number of rotatable bonds is 9. The van der Waals surface area contributed by atoms with E-state index in [0.717, 1.165) is 11.3 Å². The number of carbonyl (C=O) groups is 2. The quantitative estimate of drug-likeness (QED) is 0.471. The maximum atomic E-state index is 12.7. The lowest BCUT2D eigenvalue weighted by molar-refractivity contribution is -0.124. The van der Waals surface area contributed by atoms with Gasteiger partial charge in [-0.1, -0.05) is 54.3 Å². The number of thiocarbonyl (C=S) groups is 1. The first-order valence-corrected chi connectivity index (χ1v) is 10.9. The second kappa shape index (κ2) is 10.6. The van der Waals surface area contributed by atoms with Crippen LogP contribution < -0.4 is 5.32 Å². The van der Waals surface area contributed by atoms with Crippen molar-refractivity contribution in [3.63, 3.8) is 0 Å². The molecular formula is C22H25N3O3S2. The molecule has 3 rings (SSSR count). The van der Waals surface area contributed by atoms with Gasteiger partial charge in [0.25, 0.3) is 5.91 Å². The van der Waals surface area contributed by atoms with Gasteiger partial charge in [0.1, 0.15) is 10.1 Å². The number of carbonyl (C=O) groups excluding carboxylic acids is 2. The summed E-state index contributed by atoms with van der Waals surface area (Å²) in [5.74, 6) is 0.654. The summed E-state index contributed by atoms with van der Waals surface area (Å²) in [6, 6.07) is 13.4. The smallest absolute Gasteiger partial charge is 0.266 e. The van der Waals surface area contributed by atoms with Gasteiger partial charge in [-0.15, -0.1) is 0 Å².